The van der Waals surface area contributed by atoms with Crippen LogP contribution < -0.4 is 5.56 Å². The molecule has 4 aromatic rings. The number of carbonyl (C=O) groups excluding carboxylic acids is 1. The number of piperazine rings is 1. The third kappa shape index (κ3) is 4.81. The number of H-pyrrole nitrogens is 1. The molecule has 1 aromatic heterocycles. The molecule has 38 heavy (non-hydrogen) atoms. The Morgan fingerprint density at radius 3 is 2.11 bits per heavy atom. The first kappa shape index (κ1) is 24.0. The van der Waals surface area contributed by atoms with E-state index in [9.17, 15) is 9.59 Å². The number of benzene rings is 3. The van der Waals surface area contributed by atoms with Crippen molar-refractivity contribution in [2.75, 3.05) is 39.4 Å². The molecule has 0 spiro atoms. The van der Waals surface area contributed by atoms with Gasteiger partial charge in [0, 0.05) is 37.3 Å². The fourth-order valence-corrected chi connectivity index (χ4v) is 4.77. The fourth-order valence-electron chi connectivity index (χ4n) is 4.77. The molecular weight excluding hydrogens is 480 g/mol. The monoisotopic (exact) mass is 508 g/mol. The number of nitrogens with zero attached hydrogens (tertiary/aromatic N) is 5. The zero-order valence-corrected chi connectivity index (χ0v) is 20.9. The van der Waals surface area contributed by atoms with Crippen molar-refractivity contribution in [1.82, 2.24) is 19.6 Å². The summed E-state index contributed by atoms with van der Waals surface area (Å²) in [6.07, 6.45) is 0. The number of carbonyl (C=O) groups is 1. The van der Waals surface area contributed by atoms with E-state index in [1.54, 1.807) is 24.3 Å². The molecule has 2 aliphatic heterocycles. The Kier molecular flexibility index (Phi) is 6.68. The summed E-state index contributed by atoms with van der Waals surface area (Å²) in [5.41, 5.74) is 3.16. The van der Waals surface area contributed by atoms with Crippen molar-refractivity contribution in [1.29, 1.82) is 0 Å². The van der Waals surface area contributed by atoms with Crippen molar-refractivity contribution in [3.8, 4) is 16.9 Å². The van der Waals surface area contributed by atoms with Gasteiger partial charge >= 0.3 is 0 Å². The van der Waals surface area contributed by atoms with Gasteiger partial charge < -0.3 is 9.64 Å². The van der Waals surface area contributed by atoms with Crippen LogP contribution in [0.1, 0.15) is 10.4 Å². The van der Waals surface area contributed by atoms with Crippen LogP contribution in [0.15, 0.2) is 100.0 Å². The molecule has 2 saturated heterocycles. The maximum atomic E-state index is 13.5. The van der Waals surface area contributed by atoms with E-state index in [1.165, 1.54) is 4.68 Å². The standard InChI is InChI=1S/C29H28N6O3/c36-28(34-17-15-33(16-18-34)25-19-38-20-25)22-11-13-24(14-12-22)35-29(37)27(31-30-23-9-5-2-6-10-23)26(32-35)21-7-3-1-4-8-21/h1-14,25,32H,15-20H2. The molecule has 9 nitrogen and oxygen atoms in total. The molecule has 0 saturated carbocycles. The summed E-state index contributed by atoms with van der Waals surface area (Å²) in [4.78, 5) is 30.9. The second-order valence-corrected chi connectivity index (χ2v) is 9.44. The predicted molar refractivity (Wildman–Crippen MR) is 145 cm³/mol. The van der Waals surface area contributed by atoms with Crippen LogP contribution in [-0.4, -0.2) is 70.9 Å². The van der Waals surface area contributed by atoms with Crippen LogP contribution in [-0.2, 0) is 4.74 Å². The number of hydrogen-bond donors (Lipinski definition) is 1. The maximum absolute atomic E-state index is 13.5. The van der Waals surface area contributed by atoms with Gasteiger partial charge in [-0.1, -0.05) is 48.5 Å². The first-order chi connectivity index (χ1) is 18.7. The number of rotatable bonds is 6. The predicted octanol–water partition coefficient (Wildman–Crippen LogP) is 4.40. The Morgan fingerprint density at radius 1 is 0.816 bits per heavy atom. The molecule has 1 N–H and O–H groups in total. The van der Waals surface area contributed by atoms with Gasteiger partial charge in [0.2, 0.25) is 0 Å². The highest BCUT2D eigenvalue weighted by molar-refractivity contribution is 5.94. The second-order valence-electron chi connectivity index (χ2n) is 9.44. The number of ether oxygens (including phenoxy) is 1. The molecule has 2 fully saturated rings. The van der Waals surface area contributed by atoms with E-state index in [0.29, 0.717) is 41.8 Å². The number of nitrogens with one attached hydrogen (secondary N) is 1. The van der Waals surface area contributed by atoms with Gasteiger partial charge in [0.15, 0.2) is 5.69 Å². The van der Waals surface area contributed by atoms with Gasteiger partial charge in [-0.25, -0.2) is 4.68 Å². The summed E-state index contributed by atoms with van der Waals surface area (Å²) in [6.45, 7) is 4.69. The van der Waals surface area contributed by atoms with Gasteiger partial charge in [0.25, 0.3) is 11.5 Å². The Labute approximate surface area is 220 Å². The van der Waals surface area contributed by atoms with Crippen molar-refractivity contribution in [2.45, 2.75) is 6.04 Å². The number of aromatic amines is 1. The van der Waals surface area contributed by atoms with E-state index in [2.05, 4.69) is 20.2 Å². The Bertz CT molecular complexity index is 1480. The summed E-state index contributed by atoms with van der Waals surface area (Å²) >= 11 is 0. The first-order valence-electron chi connectivity index (χ1n) is 12.8. The van der Waals surface area contributed by atoms with Gasteiger partial charge in [-0.2, -0.15) is 5.11 Å². The molecule has 0 radical (unpaired) electrons. The van der Waals surface area contributed by atoms with Crippen molar-refractivity contribution >= 4 is 17.3 Å². The molecule has 0 aliphatic carbocycles. The number of aromatic nitrogens is 2. The van der Waals surface area contributed by atoms with E-state index in [4.69, 9.17) is 4.74 Å². The lowest BCUT2D eigenvalue weighted by atomic mass is 10.1. The van der Waals surface area contributed by atoms with Crippen molar-refractivity contribution in [3.05, 3.63) is 101 Å². The molecule has 3 heterocycles. The average molecular weight is 509 g/mol. The molecule has 6 rings (SSSR count). The van der Waals surface area contributed by atoms with Crippen molar-refractivity contribution in [2.24, 2.45) is 10.2 Å². The highest BCUT2D eigenvalue weighted by Crippen LogP contribution is 2.28. The van der Waals surface area contributed by atoms with Crippen LogP contribution in [0.5, 0.6) is 0 Å². The summed E-state index contributed by atoms with van der Waals surface area (Å²) in [5.74, 6) is 0.00205. The van der Waals surface area contributed by atoms with Crippen LogP contribution in [0.2, 0.25) is 0 Å². The molecule has 0 bridgehead atoms. The summed E-state index contributed by atoms with van der Waals surface area (Å²) in [7, 11) is 0. The fraction of sp³-hybridized carbons (Fsp3) is 0.241. The van der Waals surface area contributed by atoms with Crippen LogP contribution in [0.3, 0.4) is 0 Å². The number of hydrogen-bond acceptors (Lipinski definition) is 6. The van der Waals surface area contributed by atoms with E-state index in [-0.39, 0.29) is 17.2 Å². The molecule has 9 heteroatoms. The number of amides is 1. The topological polar surface area (TPSA) is 95.3 Å². The average Bonchev–Trinajstić information content (AvgIpc) is 3.28. The summed E-state index contributed by atoms with van der Waals surface area (Å²) in [6, 6.07) is 26.4. The van der Waals surface area contributed by atoms with Crippen molar-refractivity contribution in [3.63, 3.8) is 0 Å². The molecular formula is C29H28N6O3. The maximum Gasteiger partial charge on any atom is 0.299 e. The minimum atomic E-state index is -0.321. The highest BCUT2D eigenvalue weighted by atomic mass is 16.5. The van der Waals surface area contributed by atoms with Crippen LogP contribution in [0, 0.1) is 0 Å². The Balaban J connectivity index is 1.25. The van der Waals surface area contributed by atoms with Crippen LogP contribution >= 0.6 is 0 Å². The van der Waals surface area contributed by atoms with Gasteiger partial charge in [-0.05, 0) is 36.4 Å². The minimum absolute atomic E-state index is 0.00205. The van der Waals surface area contributed by atoms with Crippen molar-refractivity contribution < 1.29 is 9.53 Å². The smallest absolute Gasteiger partial charge is 0.299 e. The van der Waals surface area contributed by atoms with Crippen LogP contribution in [0.25, 0.3) is 16.9 Å². The molecule has 2 aliphatic rings. The minimum Gasteiger partial charge on any atom is -0.378 e. The SMILES string of the molecule is O=C(c1ccc(-n2[nH]c(-c3ccccc3)c(N=Nc3ccccc3)c2=O)cc1)N1CCN(C2COC2)CC1. The zero-order chi connectivity index (χ0) is 25.9. The Hall–Kier alpha value is -4.34. The third-order valence-electron chi connectivity index (χ3n) is 7.06. The van der Waals surface area contributed by atoms with E-state index >= 15 is 0 Å². The van der Waals surface area contributed by atoms with Gasteiger partial charge in [0.1, 0.15) is 0 Å². The lowest BCUT2D eigenvalue weighted by molar-refractivity contribution is -0.0746. The molecule has 3 aromatic carbocycles. The third-order valence-corrected chi connectivity index (χ3v) is 7.06. The van der Waals surface area contributed by atoms with E-state index < -0.39 is 0 Å². The number of azo groups is 1. The lowest BCUT2D eigenvalue weighted by Gasteiger charge is -2.42. The zero-order valence-electron chi connectivity index (χ0n) is 20.9. The van der Waals surface area contributed by atoms with Gasteiger partial charge in [-0.3, -0.25) is 19.6 Å². The summed E-state index contributed by atoms with van der Waals surface area (Å²) < 4.78 is 6.74. The molecule has 1 amide bonds. The lowest BCUT2D eigenvalue weighted by Crippen LogP contribution is -2.57. The summed E-state index contributed by atoms with van der Waals surface area (Å²) in [5, 5.41) is 11.8. The second kappa shape index (κ2) is 10.6. The highest BCUT2D eigenvalue weighted by Gasteiger charge is 2.30. The molecule has 0 atom stereocenters. The largest absolute Gasteiger partial charge is 0.378 e. The quantitative estimate of drug-likeness (QED) is 0.391. The molecule has 192 valence electrons. The molecule has 0 unspecified atom stereocenters. The Morgan fingerprint density at radius 2 is 1.47 bits per heavy atom. The van der Waals surface area contributed by atoms with Gasteiger partial charge in [-0.15, -0.1) is 5.11 Å². The van der Waals surface area contributed by atoms with E-state index in [1.807, 2.05) is 65.6 Å². The van der Waals surface area contributed by atoms with E-state index in [0.717, 1.165) is 31.9 Å². The first-order valence-corrected chi connectivity index (χ1v) is 12.8. The van der Waals surface area contributed by atoms with Crippen LogP contribution in [0.4, 0.5) is 11.4 Å². The normalized spacial score (nSPS) is 16.6. The van der Waals surface area contributed by atoms with Gasteiger partial charge in [0.05, 0.1) is 36.3 Å².